The number of carbonyl (C=O) groups excluding carboxylic acids is 4. The molecular weight excluding hydrogens is 946 g/mol. The van der Waals surface area contributed by atoms with E-state index in [-0.39, 0.29) is 59.8 Å². The van der Waals surface area contributed by atoms with Crippen LogP contribution in [-0.2, 0) is 28.6 Å². The van der Waals surface area contributed by atoms with Crippen molar-refractivity contribution in [1.82, 2.24) is 25.3 Å². The molecule has 0 saturated carbocycles. The Morgan fingerprint density at radius 1 is 0.903 bits per heavy atom. The van der Waals surface area contributed by atoms with Crippen LogP contribution in [0.2, 0.25) is 0 Å². The highest BCUT2D eigenvalue weighted by Crippen LogP contribution is 2.36. The van der Waals surface area contributed by atoms with E-state index >= 15 is 0 Å². The highest BCUT2D eigenvalue weighted by atomic mass is 127. The lowest BCUT2D eigenvalue weighted by Gasteiger charge is -2.44. The molecule has 12 atom stereocenters. The Morgan fingerprint density at radius 2 is 1.53 bits per heavy atom. The van der Waals surface area contributed by atoms with E-state index in [2.05, 4.69) is 52.6 Å². The average molecular weight is 1020 g/mol. The zero-order valence-corrected chi connectivity index (χ0v) is 43.4. The van der Waals surface area contributed by atoms with Crippen molar-refractivity contribution < 1.29 is 43.6 Å². The molecule has 1 aliphatic rings. The van der Waals surface area contributed by atoms with Gasteiger partial charge in [0.2, 0.25) is 17.7 Å². The van der Waals surface area contributed by atoms with Crippen LogP contribution in [0, 0.1) is 29.6 Å². The van der Waals surface area contributed by atoms with Crippen LogP contribution in [0.5, 0.6) is 0 Å². The topological polar surface area (TPSA) is 170 Å². The van der Waals surface area contributed by atoms with Crippen LogP contribution in [-0.4, -0.2) is 144 Å². The van der Waals surface area contributed by atoms with Crippen molar-refractivity contribution >= 4 is 63.8 Å². The first-order valence-electron chi connectivity index (χ1n) is 22.1. The van der Waals surface area contributed by atoms with E-state index in [1.54, 1.807) is 70.7 Å². The number of benzene rings is 1. The lowest BCUT2D eigenvalue weighted by molar-refractivity contribution is -0.146. The van der Waals surface area contributed by atoms with Crippen LogP contribution in [0.25, 0.3) is 0 Å². The number of aliphatic hydroxyl groups is 2. The molecule has 14 nitrogen and oxygen atoms in total. The lowest BCUT2D eigenvalue weighted by Crippen LogP contribution is -2.62. The summed E-state index contributed by atoms with van der Waals surface area (Å²) in [6, 6.07) is 6.22. The summed E-state index contributed by atoms with van der Waals surface area (Å²) in [5.41, 5.74) is 0.702. The van der Waals surface area contributed by atoms with E-state index in [1.165, 1.54) is 4.90 Å². The van der Waals surface area contributed by atoms with Gasteiger partial charge in [-0.05, 0) is 64.0 Å². The summed E-state index contributed by atoms with van der Waals surface area (Å²) in [6.07, 6.45) is -1.74. The molecule has 2 rings (SSSR count). The Labute approximate surface area is 392 Å². The van der Waals surface area contributed by atoms with Crippen LogP contribution in [0.15, 0.2) is 30.3 Å². The van der Waals surface area contributed by atoms with Crippen molar-refractivity contribution in [2.75, 3.05) is 41.5 Å². The van der Waals surface area contributed by atoms with Crippen molar-refractivity contribution in [2.45, 2.75) is 155 Å². The maximum atomic E-state index is 14.3. The number of methoxy groups -OCH3 is 2. The van der Waals surface area contributed by atoms with Gasteiger partial charge in [0.25, 0.3) is 0 Å². The molecule has 1 saturated heterocycles. The molecular formula is C45H78IN5O9S2. The SMILES string of the molecule is CC[C@H](C)[C@@H]([C@@H](CC(=O)N1CCC[C@H]1[C@H](OC)[C@@H](C)C(=O)N[C@H](C)[C@@H](O)c1ccccc1)OC)N(C)C(O)[C@@H](NC(=O)[C@H](C(C)C)N(C)C(=O)OC[C@H](SSI)C(C)C)C(C)C. The van der Waals surface area contributed by atoms with E-state index < -0.39 is 66.6 Å². The quantitative estimate of drug-likeness (QED) is 0.0430. The smallest absolute Gasteiger partial charge is 0.410 e. The predicted molar refractivity (Wildman–Crippen MR) is 258 cm³/mol. The summed E-state index contributed by atoms with van der Waals surface area (Å²) >= 11 is 2.21. The van der Waals surface area contributed by atoms with E-state index in [9.17, 15) is 29.4 Å². The summed E-state index contributed by atoms with van der Waals surface area (Å²) in [6.45, 7) is 20.1. The van der Waals surface area contributed by atoms with Crippen molar-refractivity contribution in [3.05, 3.63) is 35.9 Å². The number of likely N-dealkylation sites (N-methyl/N-ethyl adjacent to an activating group) is 2. The minimum atomic E-state index is -1.18. The fourth-order valence-electron chi connectivity index (χ4n) is 8.50. The zero-order valence-electron chi connectivity index (χ0n) is 39.6. The van der Waals surface area contributed by atoms with Gasteiger partial charge in [-0.15, -0.1) is 0 Å². The Kier molecular flexibility index (Phi) is 25.0. The second-order valence-corrected chi connectivity index (χ2v) is 23.1. The fraction of sp³-hybridized carbons (Fsp3) is 0.778. The normalized spacial score (nSPS) is 19.9. The monoisotopic (exact) mass is 1020 g/mol. The van der Waals surface area contributed by atoms with Gasteiger partial charge in [-0.3, -0.25) is 24.2 Å². The van der Waals surface area contributed by atoms with Gasteiger partial charge in [0.05, 0.1) is 54.0 Å². The van der Waals surface area contributed by atoms with Crippen molar-refractivity contribution in [2.24, 2.45) is 29.6 Å². The lowest BCUT2D eigenvalue weighted by atomic mass is 9.89. The molecule has 0 aliphatic carbocycles. The number of hydrogen-bond donors (Lipinski definition) is 4. The van der Waals surface area contributed by atoms with Gasteiger partial charge >= 0.3 is 6.09 Å². The van der Waals surface area contributed by atoms with Crippen LogP contribution < -0.4 is 10.6 Å². The Hall–Kier alpha value is -1.87. The molecule has 0 spiro atoms. The summed E-state index contributed by atoms with van der Waals surface area (Å²) in [5, 5.41) is 29.1. The summed E-state index contributed by atoms with van der Waals surface area (Å²) in [5.74, 6) is -1.66. The second kappa shape index (κ2) is 27.6. The van der Waals surface area contributed by atoms with E-state index in [0.717, 1.165) is 12.8 Å². The highest BCUT2D eigenvalue weighted by Gasteiger charge is 2.44. The number of rotatable bonds is 26. The van der Waals surface area contributed by atoms with E-state index in [4.69, 9.17) is 14.2 Å². The molecule has 1 fully saturated rings. The number of aliphatic hydroxyl groups excluding tert-OH is 2. The Bertz CT molecular complexity index is 1520. The molecule has 1 aromatic carbocycles. The summed E-state index contributed by atoms with van der Waals surface area (Å²) in [4.78, 5) is 60.2. The van der Waals surface area contributed by atoms with Crippen LogP contribution >= 0.6 is 40.0 Å². The first-order chi connectivity index (χ1) is 29.2. The minimum absolute atomic E-state index is 0.0180. The van der Waals surface area contributed by atoms with Gasteiger partial charge in [0.1, 0.15) is 18.9 Å². The first kappa shape index (κ1) is 56.3. The van der Waals surface area contributed by atoms with Crippen molar-refractivity contribution in [3.8, 4) is 0 Å². The van der Waals surface area contributed by atoms with Crippen LogP contribution in [0.4, 0.5) is 4.79 Å². The van der Waals surface area contributed by atoms with Gasteiger partial charge in [-0.2, -0.15) is 0 Å². The largest absolute Gasteiger partial charge is 0.448 e. The third kappa shape index (κ3) is 15.6. The van der Waals surface area contributed by atoms with Gasteiger partial charge in [0, 0.05) is 55.1 Å². The maximum absolute atomic E-state index is 14.3. The number of hydrogen-bond acceptors (Lipinski definition) is 12. The molecule has 356 valence electrons. The third-order valence-electron chi connectivity index (χ3n) is 12.6. The molecule has 1 aromatic rings. The summed E-state index contributed by atoms with van der Waals surface area (Å²) in [7, 11) is 9.71. The average Bonchev–Trinajstić information content (AvgIpc) is 3.72. The number of halogens is 1. The first-order valence-corrected chi connectivity index (χ1v) is 26.9. The van der Waals surface area contributed by atoms with Gasteiger partial charge in [-0.1, -0.05) is 110 Å². The molecule has 4 N–H and O–H groups in total. The zero-order chi connectivity index (χ0) is 47.0. The molecule has 0 bridgehead atoms. The number of nitrogens with zero attached hydrogens (tertiary/aromatic N) is 3. The fourth-order valence-corrected chi connectivity index (χ4v) is 12.5. The number of likely N-dealkylation sites (tertiary alicyclic amines) is 1. The van der Waals surface area contributed by atoms with Gasteiger partial charge < -0.3 is 40.0 Å². The highest BCUT2D eigenvalue weighted by molar-refractivity contribution is 14.2. The standard InChI is InChI=1S/C45H78IN5O9S2/c1-15-29(8)39(49(11)44(56)37(27(4)5)48-43(55)38(28(6)7)50(12)45(57)60-25-35(26(2)3)61-62-46)34(58-13)24-36(52)51-23-19-22-33(51)41(59-14)30(9)42(54)47-31(10)40(53)32-20-17-16-18-21-32/h16-18,20-21,26-31,33-35,37-41,44,53,56H,15,19,22-25H2,1-14H3,(H,47,54)(H,48,55)/t29-,30+,31+,33-,34+,35-,37-,38-,39-,40+,41+,44?/m0/s1. The summed E-state index contributed by atoms with van der Waals surface area (Å²) < 4.78 is 17.7. The van der Waals surface area contributed by atoms with Crippen molar-refractivity contribution in [1.29, 1.82) is 0 Å². The number of amides is 4. The molecule has 0 aromatic heterocycles. The Balaban J connectivity index is 2.26. The molecule has 1 aliphatic heterocycles. The third-order valence-corrected chi connectivity index (χ3v) is 16.4. The van der Waals surface area contributed by atoms with Crippen LogP contribution in [0.3, 0.4) is 0 Å². The van der Waals surface area contributed by atoms with E-state index in [0.29, 0.717) is 18.5 Å². The maximum Gasteiger partial charge on any atom is 0.410 e. The van der Waals surface area contributed by atoms with Crippen LogP contribution in [0.1, 0.15) is 107 Å². The van der Waals surface area contributed by atoms with Gasteiger partial charge in [-0.25, -0.2) is 4.79 Å². The second-order valence-electron chi connectivity index (χ2n) is 18.0. The number of nitrogens with one attached hydrogen (secondary N) is 2. The minimum Gasteiger partial charge on any atom is -0.448 e. The number of ether oxygens (including phenoxy) is 3. The van der Waals surface area contributed by atoms with Gasteiger partial charge in [0.15, 0.2) is 0 Å². The molecule has 1 unspecified atom stereocenters. The molecule has 0 radical (unpaired) electrons. The Morgan fingerprint density at radius 3 is 2.05 bits per heavy atom. The molecule has 62 heavy (non-hydrogen) atoms. The molecule has 1 heterocycles. The molecule has 4 amide bonds. The predicted octanol–water partition coefficient (Wildman–Crippen LogP) is 6.93. The number of carbonyl (C=O) groups is 4. The molecule has 17 heteroatoms. The van der Waals surface area contributed by atoms with E-state index in [1.807, 2.05) is 65.0 Å². The van der Waals surface area contributed by atoms with Crippen molar-refractivity contribution in [3.63, 3.8) is 0 Å².